The molecule has 1 amide bonds. The molecule has 38 heavy (non-hydrogen) atoms. The molecule has 0 bridgehead atoms. The molecule has 2 aromatic rings. The lowest BCUT2D eigenvalue weighted by atomic mass is 9.65. The van der Waals surface area contributed by atoms with Crippen LogP contribution in [0, 0.1) is 5.92 Å². The minimum absolute atomic E-state index is 0.0965. The van der Waals surface area contributed by atoms with Gasteiger partial charge >= 0.3 is 12.4 Å². The van der Waals surface area contributed by atoms with Gasteiger partial charge in [-0.2, -0.15) is 26.3 Å². The molecule has 4 nitrogen and oxygen atoms in total. The highest BCUT2D eigenvalue weighted by molar-refractivity contribution is 5.88. The highest BCUT2D eigenvalue weighted by Gasteiger charge is 2.44. The molecular formula is C28H32F6N2O2. The van der Waals surface area contributed by atoms with Gasteiger partial charge in [-0.15, -0.1) is 0 Å². The lowest BCUT2D eigenvalue weighted by Crippen LogP contribution is -2.49. The SMILES string of the molecule is CC(NC(=O)C1(c2ccccc2)CCC(CN2CCOCC2)CC1)c1cc(C(F)(F)F)cc(C(F)(F)F)c1. The first-order valence-corrected chi connectivity index (χ1v) is 12.8. The van der Waals surface area contributed by atoms with E-state index in [1.807, 2.05) is 30.3 Å². The molecule has 1 saturated carbocycles. The van der Waals surface area contributed by atoms with E-state index in [4.69, 9.17) is 4.74 Å². The summed E-state index contributed by atoms with van der Waals surface area (Å²) in [5.41, 5.74) is -3.15. The van der Waals surface area contributed by atoms with Crippen LogP contribution in [0.1, 0.15) is 60.9 Å². The second-order valence-electron chi connectivity index (χ2n) is 10.3. The maximum absolute atomic E-state index is 13.8. The molecule has 0 aromatic heterocycles. The number of benzene rings is 2. The van der Waals surface area contributed by atoms with Crippen molar-refractivity contribution in [2.24, 2.45) is 5.92 Å². The van der Waals surface area contributed by atoms with Gasteiger partial charge in [-0.3, -0.25) is 9.69 Å². The summed E-state index contributed by atoms with van der Waals surface area (Å²) in [5.74, 6) is 0.0139. The Bertz CT molecular complexity index is 1060. The third-order valence-electron chi connectivity index (χ3n) is 7.80. The number of carbonyl (C=O) groups excluding carboxylic acids is 1. The summed E-state index contributed by atoms with van der Waals surface area (Å²) in [6.07, 6.45) is -7.25. The molecule has 1 unspecified atom stereocenters. The van der Waals surface area contributed by atoms with Crippen LogP contribution < -0.4 is 5.32 Å². The van der Waals surface area contributed by atoms with Crippen LogP contribution in [-0.4, -0.2) is 43.7 Å². The number of hydrogen-bond acceptors (Lipinski definition) is 3. The van der Waals surface area contributed by atoms with Gasteiger partial charge in [0.15, 0.2) is 0 Å². The fraction of sp³-hybridized carbons (Fsp3) is 0.536. The molecule has 1 saturated heterocycles. The van der Waals surface area contributed by atoms with Crippen LogP contribution >= 0.6 is 0 Å². The third-order valence-corrected chi connectivity index (χ3v) is 7.80. The number of alkyl halides is 6. The van der Waals surface area contributed by atoms with Crippen molar-refractivity contribution in [2.45, 2.75) is 56.4 Å². The summed E-state index contributed by atoms with van der Waals surface area (Å²) in [7, 11) is 0. The van der Waals surface area contributed by atoms with E-state index in [1.54, 1.807) is 0 Å². The topological polar surface area (TPSA) is 41.6 Å². The fourth-order valence-corrected chi connectivity index (χ4v) is 5.55. The minimum atomic E-state index is -4.95. The predicted molar refractivity (Wildman–Crippen MR) is 130 cm³/mol. The van der Waals surface area contributed by atoms with Crippen LogP contribution in [-0.2, 0) is 27.3 Å². The summed E-state index contributed by atoms with van der Waals surface area (Å²) < 4.78 is 85.7. The van der Waals surface area contributed by atoms with Crippen LogP contribution in [0.5, 0.6) is 0 Å². The largest absolute Gasteiger partial charge is 0.416 e. The summed E-state index contributed by atoms with van der Waals surface area (Å²) in [4.78, 5) is 16.1. The van der Waals surface area contributed by atoms with Gasteiger partial charge in [0.1, 0.15) is 0 Å². The molecule has 208 valence electrons. The Kier molecular flexibility index (Phi) is 8.42. The zero-order valence-corrected chi connectivity index (χ0v) is 21.2. The monoisotopic (exact) mass is 542 g/mol. The maximum Gasteiger partial charge on any atom is 0.416 e. The number of amides is 1. The molecule has 10 heteroatoms. The Morgan fingerprint density at radius 1 is 0.974 bits per heavy atom. The van der Waals surface area contributed by atoms with Gasteiger partial charge in [-0.05, 0) is 67.9 Å². The number of nitrogens with one attached hydrogen (secondary N) is 1. The summed E-state index contributed by atoms with van der Waals surface area (Å²) >= 11 is 0. The van der Waals surface area contributed by atoms with Crippen molar-refractivity contribution in [2.75, 3.05) is 32.8 Å². The number of rotatable bonds is 6. The van der Waals surface area contributed by atoms with Crippen molar-refractivity contribution in [1.82, 2.24) is 10.2 Å². The third kappa shape index (κ3) is 6.51. The molecule has 2 aliphatic rings. The van der Waals surface area contributed by atoms with Gasteiger partial charge in [0.2, 0.25) is 5.91 Å². The van der Waals surface area contributed by atoms with Crippen LogP contribution in [0.4, 0.5) is 26.3 Å². The lowest BCUT2D eigenvalue weighted by Gasteiger charge is -2.41. The van der Waals surface area contributed by atoms with E-state index in [9.17, 15) is 31.1 Å². The summed E-state index contributed by atoms with van der Waals surface area (Å²) in [6.45, 7) is 5.47. The molecule has 2 aromatic carbocycles. The minimum Gasteiger partial charge on any atom is -0.379 e. The first kappa shape index (κ1) is 28.4. The van der Waals surface area contributed by atoms with Gasteiger partial charge in [0.25, 0.3) is 0 Å². The molecule has 1 aliphatic carbocycles. The van der Waals surface area contributed by atoms with Crippen LogP contribution in [0.25, 0.3) is 0 Å². The molecule has 1 heterocycles. The maximum atomic E-state index is 13.8. The lowest BCUT2D eigenvalue weighted by molar-refractivity contribution is -0.143. The van der Waals surface area contributed by atoms with E-state index in [-0.39, 0.29) is 17.5 Å². The van der Waals surface area contributed by atoms with Crippen molar-refractivity contribution < 1.29 is 35.9 Å². The number of carbonyl (C=O) groups is 1. The van der Waals surface area contributed by atoms with Crippen molar-refractivity contribution in [3.8, 4) is 0 Å². The molecule has 1 atom stereocenters. The Morgan fingerprint density at radius 3 is 2.05 bits per heavy atom. The second-order valence-corrected chi connectivity index (χ2v) is 10.3. The molecule has 2 fully saturated rings. The van der Waals surface area contributed by atoms with Crippen LogP contribution in [0.2, 0.25) is 0 Å². The summed E-state index contributed by atoms with van der Waals surface area (Å²) in [6, 6.07) is 9.60. The van der Waals surface area contributed by atoms with E-state index in [0.717, 1.165) is 38.0 Å². The van der Waals surface area contributed by atoms with Crippen molar-refractivity contribution >= 4 is 5.91 Å². The average molecular weight is 543 g/mol. The van der Waals surface area contributed by atoms with Crippen molar-refractivity contribution in [3.63, 3.8) is 0 Å². The summed E-state index contributed by atoms with van der Waals surface area (Å²) in [5, 5.41) is 2.76. The highest BCUT2D eigenvalue weighted by atomic mass is 19.4. The number of halogens is 6. The van der Waals surface area contributed by atoms with E-state index >= 15 is 0 Å². The smallest absolute Gasteiger partial charge is 0.379 e. The average Bonchev–Trinajstić information content (AvgIpc) is 2.89. The highest BCUT2D eigenvalue weighted by Crippen LogP contribution is 2.43. The first-order valence-electron chi connectivity index (χ1n) is 12.8. The quantitative estimate of drug-likeness (QED) is 0.432. The molecular weight excluding hydrogens is 510 g/mol. The van der Waals surface area contributed by atoms with E-state index in [1.165, 1.54) is 6.92 Å². The van der Waals surface area contributed by atoms with Gasteiger partial charge in [-0.25, -0.2) is 0 Å². The Hall–Kier alpha value is -2.59. The molecule has 1 aliphatic heterocycles. The Labute approximate surface area is 218 Å². The van der Waals surface area contributed by atoms with E-state index in [2.05, 4.69) is 10.2 Å². The number of ether oxygens (including phenoxy) is 1. The standard InChI is InChI=1S/C28H32F6N2O2/c1-19(21-15-23(27(29,30)31)17-24(16-21)28(32,33)34)35-25(37)26(22-5-3-2-4-6-22)9-7-20(8-10-26)18-36-11-13-38-14-12-36/h2-6,15-17,19-20H,7-14,18H2,1H3,(H,35,37). The van der Waals surface area contributed by atoms with Gasteiger partial charge in [0.05, 0.1) is 35.8 Å². The van der Waals surface area contributed by atoms with Gasteiger partial charge in [-0.1, -0.05) is 30.3 Å². The van der Waals surface area contributed by atoms with Crippen molar-refractivity contribution in [1.29, 1.82) is 0 Å². The molecule has 4 rings (SSSR count). The zero-order valence-electron chi connectivity index (χ0n) is 21.2. The Balaban J connectivity index is 1.56. The Morgan fingerprint density at radius 2 is 1.53 bits per heavy atom. The van der Waals surface area contributed by atoms with E-state index < -0.39 is 34.9 Å². The van der Waals surface area contributed by atoms with Crippen molar-refractivity contribution in [3.05, 3.63) is 70.8 Å². The van der Waals surface area contributed by atoms with Gasteiger partial charge < -0.3 is 10.1 Å². The molecule has 0 spiro atoms. The van der Waals surface area contributed by atoms with Gasteiger partial charge in [0, 0.05) is 19.6 Å². The van der Waals surface area contributed by atoms with Crippen LogP contribution in [0.15, 0.2) is 48.5 Å². The molecule has 1 N–H and O–H groups in total. The normalized spacial score (nSPS) is 24.1. The number of hydrogen-bond donors (Lipinski definition) is 1. The second kappa shape index (κ2) is 11.3. The van der Waals surface area contributed by atoms with E-state index in [0.29, 0.717) is 44.1 Å². The number of morpholine rings is 1. The number of nitrogens with zero attached hydrogens (tertiary/aromatic N) is 1. The first-order chi connectivity index (χ1) is 17.9. The predicted octanol–water partition coefficient (Wildman–Crippen LogP) is 6.36. The van der Waals surface area contributed by atoms with Crippen LogP contribution in [0.3, 0.4) is 0 Å². The fourth-order valence-electron chi connectivity index (χ4n) is 5.55. The zero-order chi connectivity index (χ0) is 27.6. The molecule has 0 radical (unpaired) electrons.